The number of nitrogens with two attached hydrogens (primary N) is 1. The van der Waals surface area contributed by atoms with Crippen molar-refractivity contribution in [2.24, 2.45) is 5.73 Å². The van der Waals surface area contributed by atoms with E-state index in [1.165, 1.54) is 0 Å². The Bertz CT molecular complexity index is 500. The molecule has 7 heteroatoms. The Labute approximate surface area is 103 Å². The predicted octanol–water partition coefficient (Wildman–Crippen LogP) is -0.0367. The fourth-order valence-corrected chi connectivity index (χ4v) is 1.71. The van der Waals surface area contributed by atoms with Gasteiger partial charge in [-0.2, -0.15) is 5.21 Å². The van der Waals surface area contributed by atoms with Crippen LogP contribution in [0.1, 0.15) is 22.9 Å². The Morgan fingerprint density at radius 1 is 1.50 bits per heavy atom. The highest BCUT2D eigenvalue weighted by Gasteiger charge is 2.19. The molecule has 0 aliphatic rings. The van der Waals surface area contributed by atoms with Crippen LogP contribution in [0.2, 0.25) is 0 Å². The first kappa shape index (κ1) is 12.2. The molecule has 2 rings (SSSR count). The molecule has 0 radical (unpaired) electrons. The lowest BCUT2D eigenvalue weighted by Crippen LogP contribution is -2.12. The van der Waals surface area contributed by atoms with Crippen molar-refractivity contribution in [2.75, 3.05) is 6.61 Å². The number of nitrogens with one attached hydrogen (secondary N) is 1. The van der Waals surface area contributed by atoms with Crippen LogP contribution in [0.5, 0.6) is 0 Å². The summed E-state index contributed by atoms with van der Waals surface area (Å²) in [5.41, 5.74) is 7.52. The molecule has 2 aromatic rings. The molecule has 0 amide bonds. The average molecular weight is 247 g/mol. The molecular weight excluding hydrogens is 234 g/mol. The molecule has 3 N–H and O–H groups in total. The van der Waals surface area contributed by atoms with E-state index in [4.69, 9.17) is 10.5 Å². The number of ether oxygens (including phenoxy) is 1. The second-order valence-electron chi connectivity index (χ2n) is 3.70. The molecular formula is C11H13N5O2. The van der Waals surface area contributed by atoms with Crippen LogP contribution < -0.4 is 5.73 Å². The summed E-state index contributed by atoms with van der Waals surface area (Å²) in [7, 11) is 0. The summed E-state index contributed by atoms with van der Waals surface area (Å²) < 4.78 is 4.81. The fraction of sp³-hybridized carbons (Fsp3) is 0.273. The summed E-state index contributed by atoms with van der Waals surface area (Å²) in [6, 6.07) is 7.67. The van der Waals surface area contributed by atoms with Gasteiger partial charge in [-0.05, 0) is 11.1 Å². The maximum atomic E-state index is 10.3. The Kier molecular flexibility index (Phi) is 3.98. The quantitative estimate of drug-likeness (QED) is 0.694. The summed E-state index contributed by atoms with van der Waals surface area (Å²) in [5.74, 6) is 0.228. The van der Waals surface area contributed by atoms with Gasteiger partial charge in [0.2, 0.25) is 0 Å². The van der Waals surface area contributed by atoms with Gasteiger partial charge in [0.15, 0.2) is 5.82 Å². The monoisotopic (exact) mass is 247 g/mol. The lowest BCUT2D eigenvalue weighted by molar-refractivity contribution is -0.128. The standard InChI is InChI=1S/C11H13N5O2/c12-5-8-2-1-3-9(4-8)10(6-18-7-17)11-13-15-16-14-11/h1-4,7,10H,5-6,12H2,(H,13,14,15,16). The molecule has 0 bridgehead atoms. The number of carbonyl (C=O) groups is 1. The maximum absolute atomic E-state index is 10.3. The summed E-state index contributed by atoms with van der Waals surface area (Å²) in [6.45, 7) is 1.01. The number of tetrazole rings is 1. The van der Waals surface area contributed by atoms with E-state index < -0.39 is 0 Å². The van der Waals surface area contributed by atoms with E-state index in [9.17, 15) is 4.79 Å². The summed E-state index contributed by atoms with van der Waals surface area (Å²) >= 11 is 0. The third-order valence-electron chi connectivity index (χ3n) is 2.59. The first-order valence-electron chi connectivity index (χ1n) is 5.42. The highest BCUT2D eigenvalue weighted by atomic mass is 16.5. The van der Waals surface area contributed by atoms with Crippen molar-refractivity contribution in [3.63, 3.8) is 0 Å². The normalized spacial score (nSPS) is 12.1. The second-order valence-corrected chi connectivity index (χ2v) is 3.70. The van der Waals surface area contributed by atoms with Crippen molar-refractivity contribution in [2.45, 2.75) is 12.5 Å². The molecule has 0 saturated heterocycles. The topological polar surface area (TPSA) is 107 Å². The predicted molar refractivity (Wildman–Crippen MR) is 62.4 cm³/mol. The zero-order valence-electron chi connectivity index (χ0n) is 9.61. The molecule has 0 aliphatic carbocycles. The number of nitrogens with zero attached hydrogens (tertiary/aromatic N) is 3. The summed E-state index contributed by atoms with van der Waals surface area (Å²) in [5, 5.41) is 13.8. The number of benzene rings is 1. The van der Waals surface area contributed by atoms with Crippen LogP contribution in [0.3, 0.4) is 0 Å². The van der Waals surface area contributed by atoms with Crippen LogP contribution in [-0.4, -0.2) is 33.7 Å². The number of rotatable bonds is 6. The molecule has 1 unspecified atom stereocenters. The van der Waals surface area contributed by atoms with Crippen molar-refractivity contribution < 1.29 is 9.53 Å². The van der Waals surface area contributed by atoms with Gasteiger partial charge in [0.25, 0.3) is 6.47 Å². The van der Waals surface area contributed by atoms with Crippen molar-refractivity contribution >= 4 is 6.47 Å². The number of hydrogen-bond donors (Lipinski definition) is 2. The zero-order valence-corrected chi connectivity index (χ0v) is 9.61. The van der Waals surface area contributed by atoms with Gasteiger partial charge >= 0.3 is 0 Å². The second kappa shape index (κ2) is 5.87. The van der Waals surface area contributed by atoms with Crippen LogP contribution in [0, 0.1) is 0 Å². The largest absolute Gasteiger partial charge is 0.467 e. The smallest absolute Gasteiger partial charge is 0.293 e. The number of aromatic nitrogens is 4. The Morgan fingerprint density at radius 2 is 2.39 bits per heavy atom. The van der Waals surface area contributed by atoms with Crippen molar-refractivity contribution in [1.29, 1.82) is 0 Å². The molecule has 0 saturated carbocycles. The van der Waals surface area contributed by atoms with Gasteiger partial charge in [-0.1, -0.05) is 29.5 Å². The zero-order chi connectivity index (χ0) is 12.8. The molecule has 94 valence electrons. The van der Waals surface area contributed by atoms with Gasteiger partial charge in [0.05, 0.1) is 5.92 Å². The molecule has 0 spiro atoms. The minimum Gasteiger partial charge on any atom is -0.467 e. The number of H-pyrrole nitrogens is 1. The van der Waals surface area contributed by atoms with Crippen LogP contribution in [-0.2, 0) is 16.1 Å². The number of carbonyl (C=O) groups excluding carboxylic acids is 1. The van der Waals surface area contributed by atoms with Crippen molar-refractivity contribution in [3.05, 3.63) is 41.2 Å². The first-order chi connectivity index (χ1) is 8.85. The molecule has 0 fully saturated rings. The lowest BCUT2D eigenvalue weighted by atomic mass is 9.97. The Hall–Kier alpha value is -2.28. The molecule has 18 heavy (non-hydrogen) atoms. The fourth-order valence-electron chi connectivity index (χ4n) is 1.71. The van der Waals surface area contributed by atoms with E-state index in [-0.39, 0.29) is 12.5 Å². The van der Waals surface area contributed by atoms with E-state index >= 15 is 0 Å². The van der Waals surface area contributed by atoms with Gasteiger partial charge < -0.3 is 10.5 Å². The van der Waals surface area contributed by atoms with E-state index in [2.05, 4.69) is 20.6 Å². The van der Waals surface area contributed by atoms with E-state index in [1.54, 1.807) is 0 Å². The van der Waals surface area contributed by atoms with Crippen LogP contribution in [0.4, 0.5) is 0 Å². The van der Waals surface area contributed by atoms with Crippen LogP contribution in [0.15, 0.2) is 24.3 Å². The van der Waals surface area contributed by atoms with E-state index in [0.29, 0.717) is 18.8 Å². The molecule has 0 aliphatic heterocycles. The first-order valence-corrected chi connectivity index (χ1v) is 5.42. The van der Waals surface area contributed by atoms with Gasteiger partial charge in [-0.15, -0.1) is 10.2 Å². The highest BCUT2D eigenvalue weighted by molar-refractivity contribution is 5.38. The molecule has 1 aromatic carbocycles. The summed E-state index contributed by atoms with van der Waals surface area (Å²) in [6.07, 6.45) is 0. The molecule has 1 aromatic heterocycles. The van der Waals surface area contributed by atoms with Gasteiger partial charge in [-0.3, -0.25) is 4.79 Å². The lowest BCUT2D eigenvalue weighted by Gasteiger charge is -2.13. The molecule has 1 atom stereocenters. The minimum atomic E-state index is -0.250. The summed E-state index contributed by atoms with van der Waals surface area (Å²) in [4.78, 5) is 10.3. The SMILES string of the molecule is NCc1cccc(C(COC=O)c2nn[nH]n2)c1. The minimum absolute atomic E-state index is 0.164. The molecule has 1 heterocycles. The van der Waals surface area contributed by atoms with Crippen LogP contribution >= 0.6 is 0 Å². The van der Waals surface area contributed by atoms with Gasteiger partial charge in [0.1, 0.15) is 6.61 Å². The average Bonchev–Trinajstić information content (AvgIpc) is 2.93. The van der Waals surface area contributed by atoms with Crippen molar-refractivity contribution in [3.8, 4) is 0 Å². The maximum Gasteiger partial charge on any atom is 0.293 e. The Balaban J connectivity index is 2.30. The van der Waals surface area contributed by atoms with Crippen LogP contribution in [0.25, 0.3) is 0 Å². The van der Waals surface area contributed by atoms with Gasteiger partial charge in [0, 0.05) is 6.54 Å². The number of aromatic amines is 1. The highest BCUT2D eigenvalue weighted by Crippen LogP contribution is 2.22. The van der Waals surface area contributed by atoms with Gasteiger partial charge in [-0.25, -0.2) is 0 Å². The Morgan fingerprint density at radius 3 is 3.06 bits per heavy atom. The van der Waals surface area contributed by atoms with E-state index in [0.717, 1.165) is 11.1 Å². The number of hydrogen-bond acceptors (Lipinski definition) is 6. The molecule has 7 nitrogen and oxygen atoms in total. The van der Waals surface area contributed by atoms with E-state index in [1.807, 2.05) is 24.3 Å². The third-order valence-corrected chi connectivity index (χ3v) is 2.59. The third kappa shape index (κ3) is 2.69. The van der Waals surface area contributed by atoms with Crippen molar-refractivity contribution in [1.82, 2.24) is 20.6 Å².